The number of aliphatic hydroxyl groups is 1. The minimum Gasteiger partial charge on any atom is -0.508 e. The van der Waals surface area contributed by atoms with Gasteiger partial charge in [-0.05, 0) is 93.0 Å². The van der Waals surface area contributed by atoms with Gasteiger partial charge in [0.1, 0.15) is 60.1 Å². The number of nitrogens with one attached hydrogen (secondary N) is 11. The number of aliphatic hydroxyl groups excluding tert-OH is 1. The van der Waals surface area contributed by atoms with Gasteiger partial charge >= 0.3 is 0 Å². The molecule has 2 aromatic carbocycles. The molecule has 17 N–H and O–H groups in total. The van der Waals surface area contributed by atoms with Crippen LogP contribution in [0.5, 0.6) is 5.75 Å². The molecule has 0 bridgehead atoms. The third kappa shape index (κ3) is 20.0. The first-order chi connectivity index (χ1) is 43.4. The fourth-order valence-electron chi connectivity index (χ4n) is 10.4. The molecule has 87 heavy (non-hydrogen) atoms. The number of carbonyl (C=O) groups excluding carboxylic acids is 10. The third-order valence-electron chi connectivity index (χ3n) is 14.7. The number of rotatable bonds is 32. The van der Waals surface area contributed by atoms with Crippen molar-refractivity contribution in [2.45, 2.75) is 160 Å². The zero-order chi connectivity index (χ0) is 67.6. The predicted octanol–water partition coefficient (Wildman–Crippen LogP) is -1.44. The molecule has 0 spiro atoms. The van der Waals surface area contributed by atoms with Crippen LogP contribution in [0.25, 0.3) is 10.9 Å². The average Bonchev–Trinajstić information content (AvgIpc) is 1.55. The number of imidazole rings is 1. The minimum atomic E-state index is -3.24. The summed E-state index contributed by atoms with van der Waals surface area (Å²) in [5.74, 6) is -9.24. The van der Waals surface area contributed by atoms with E-state index in [1.54, 1.807) is 58.2 Å². The Labute approximate surface area is 511 Å². The molecule has 2 aliphatic heterocycles. The number of likely N-dealkylation sites (tertiary alicyclic amines) is 1. The number of hydrogen-bond acceptors (Lipinski definition) is 14. The molecule has 28 heteroatoms. The summed E-state index contributed by atoms with van der Waals surface area (Å²) >= 11 is 0. The average molecular weight is 1210 g/mol. The summed E-state index contributed by atoms with van der Waals surface area (Å²) in [5, 5.41) is 44.7. The highest BCUT2D eigenvalue weighted by Gasteiger charge is 2.40. The quantitative estimate of drug-likeness (QED) is 0.0151. The molecule has 2 aromatic heterocycles. The highest BCUT2D eigenvalue weighted by atomic mass is 16.3. The van der Waals surface area contributed by atoms with Crippen LogP contribution in [0.2, 0.25) is 0 Å². The third-order valence-corrected chi connectivity index (χ3v) is 14.7. The number of aromatic amines is 2. The molecule has 2 aliphatic rings. The topological polar surface area (TPSA) is 432 Å². The Morgan fingerprint density at radius 3 is 1.91 bits per heavy atom. The molecular weight excluding hydrogens is 1120 g/mol. The zero-order valence-corrected chi connectivity index (χ0v) is 49.1. The summed E-state index contributed by atoms with van der Waals surface area (Å²) in [6.45, 7) is -0.344. The lowest BCUT2D eigenvalue weighted by Crippen LogP contribution is -2.61. The maximum absolute atomic E-state index is 14.7. The van der Waals surface area contributed by atoms with Crippen LogP contribution in [0, 0.1) is 11.8 Å². The van der Waals surface area contributed by atoms with Gasteiger partial charge in [-0.2, -0.15) is 0 Å². The lowest BCUT2D eigenvalue weighted by Gasteiger charge is -2.31. The number of aromatic nitrogens is 3. The number of nitrogens with two attached hydrogens (primary N) is 2. The van der Waals surface area contributed by atoms with Gasteiger partial charge in [-0.1, -0.05) is 58.0 Å². The molecule has 0 saturated carbocycles. The van der Waals surface area contributed by atoms with Crippen LogP contribution >= 0.6 is 0 Å². The Morgan fingerprint density at radius 1 is 0.736 bits per heavy atom. The summed E-state index contributed by atoms with van der Waals surface area (Å²) in [6, 6.07) is 0.220. The van der Waals surface area contributed by atoms with E-state index >= 15 is 0 Å². The van der Waals surface area contributed by atoms with Gasteiger partial charge in [0, 0.05) is 81.1 Å². The molecule has 10 amide bonds. The van der Waals surface area contributed by atoms with E-state index in [-0.39, 0.29) is 113 Å². The highest BCUT2D eigenvalue weighted by Crippen LogP contribution is 2.22. The number of para-hydroxylation sites is 1. The number of phenols is 1. The monoisotopic (exact) mass is 1210 g/mol. The molecule has 2 saturated heterocycles. The lowest BCUT2D eigenvalue weighted by molar-refractivity contribution is -0.142. The number of aliphatic imine (C=N–C) groups is 1. The summed E-state index contributed by atoms with van der Waals surface area (Å²) in [4.78, 5) is 156. The summed E-state index contributed by atoms with van der Waals surface area (Å²) in [7, 11) is 0. The Morgan fingerprint density at radius 2 is 1.32 bits per heavy atom. The van der Waals surface area contributed by atoms with E-state index in [0.717, 1.165) is 4.90 Å². The van der Waals surface area contributed by atoms with E-state index in [4.69, 9.17) is 18.3 Å². The van der Waals surface area contributed by atoms with Crippen LogP contribution in [-0.2, 0) is 67.2 Å². The number of hydrogen-bond donors (Lipinski definition) is 15. The van der Waals surface area contributed by atoms with Crippen LogP contribution in [-0.4, -0.2) is 176 Å². The number of carbonyl (C=O) groups is 10. The molecule has 2 unspecified atom stereocenters. The van der Waals surface area contributed by atoms with Crippen molar-refractivity contribution < 1.29 is 65.0 Å². The first-order valence-corrected chi connectivity index (χ1v) is 28.9. The fourth-order valence-corrected chi connectivity index (χ4v) is 10.4. The van der Waals surface area contributed by atoms with E-state index in [0.29, 0.717) is 27.7 Å². The number of amides is 10. The van der Waals surface area contributed by atoms with Crippen molar-refractivity contribution in [2.75, 3.05) is 26.2 Å². The molecule has 4 heterocycles. The Kier molecular flexibility index (Phi) is 22.2. The van der Waals surface area contributed by atoms with Gasteiger partial charge in [-0.3, -0.25) is 52.9 Å². The van der Waals surface area contributed by atoms with Crippen LogP contribution < -0.4 is 59.3 Å². The number of H-pyrrole nitrogens is 2. The molecular formula is C59H84N16O12. The van der Waals surface area contributed by atoms with Gasteiger partial charge in [0.15, 0.2) is 5.96 Å². The second-order valence-corrected chi connectivity index (χ2v) is 22.5. The van der Waals surface area contributed by atoms with Crippen LogP contribution in [0.15, 0.2) is 72.2 Å². The van der Waals surface area contributed by atoms with Gasteiger partial charge in [-0.25, -0.2) is 4.98 Å². The zero-order valence-electron chi connectivity index (χ0n) is 54.1. The minimum absolute atomic E-state index is 0.00244. The number of phenolic OH excluding ortho intramolecular Hbond substituents is 1. The second-order valence-electron chi connectivity index (χ2n) is 22.5. The van der Waals surface area contributed by atoms with Gasteiger partial charge in [-0.15, -0.1) is 0 Å². The molecule has 0 aliphatic carbocycles. The van der Waals surface area contributed by atoms with Crippen molar-refractivity contribution in [2.24, 2.45) is 28.3 Å². The second kappa shape index (κ2) is 32.4. The highest BCUT2D eigenvalue weighted by molar-refractivity contribution is 5.99. The smallest absolute Gasteiger partial charge is 0.245 e. The maximum Gasteiger partial charge on any atom is 0.245 e. The Hall–Kier alpha value is -9.08. The van der Waals surface area contributed by atoms with E-state index in [1.165, 1.54) is 36.8 Å². The van der Waals surface area contributed by atoms with Crippen molar-refractivity contribution in [3.05, 3.63) is 84.1 Å². The molecule has 0 radical (unpaired) electrons. The van der Waals surface area contributed by atoms with Gasteiger partial charge in [0.05, 0.1) is 12.9 Å². The van der Waals surface area contributed by atoms with Crippen molar-refractivity contribution in [3.8, 4) is 5.75 Å². The Bertz CT molecular complexity index is 3270. The number of fused-ring (bicyclic) bond motifs is 1. The van der Waals surface area contributed by atoms with Crippen molar-refractivity contribution in [1.82, 2.24) is 67.7 Å². The normalized spacial score (nSPS) is 18.3. The molecule has 472 valence electrons. The van der Waals surface area contributed by atoms with Gasteiger partial charge in [0.25, 0.3) is 0 Å². The number of nitrogens with zero attached hydrogens (tertiary/aromatic N) is 3. The number of guanidine groups is 1. The van der Waals surface area contributed by atoms with E-state index in [2.05, 4.69) is 62.5 Å². The molecule has 28 nitrogen and oxygen atoms in total. The summed E-state index contributed by atoms with van der Waals surface area (Å²) < 4.78 is 38.6. The summed E-state index contributed by atoms with van der Waals surface area (Å²) in [6.07, 6.45) is 4.47. The van der Waals surface area contributed by atoms with Crippen molar-refractivity contribution in [3.63, 3.8) is 0 Å². The molecule has 2 fully saturated rings. The maximum atomic E-state index is 14.7. The van der Waals surface area contributed by atoms with E-state index in [1.807, 2.05) is 5.32 Å². The standard InChI is InChI=1S/C59H84N16O12/c1-6-63-57(86)48-14-10-22-75(48)58(87)41(13-9-21-64-59(60)61)68-51(80)42(23-32(2)3)69-52(81)43(24-33(4)5)70-53(82)44(25-34-15-17-37(77)18-16-34)71-56(85)47(30-76)74-54(83)45(26-35-28-65-39-12-8-7-11-38(35)39)72-55(84)46(27-36-29-62-31-66-36)73-50(79)40-19-20-49(78)67-40/h7-8,11-12,15-18,28-29,31-33,40-48,65,76-77H,6,9-10,13-14,19-27,30H2,1-5H3,(H,62,66)(H,63,86)(H,67,78)(H,68,80)(H,69,81)(H,70,82)(H,71,85)(H,72,84)(H,73,79)(H,74,83)(H4,60,61,64)/t40?,41?,42-,43+,44-,45-,46-,47-,48-/m0/s1/i1D3,6D2. The molecule has 4 aromatic rings. The Balaban J connectivity index is 1.23. The fraction of sp³-hybridized carbons (Fsp3) is 0.525. The van der Waals surface area contributed by atoms with Crippen molar-refractivity contribution >= 4 is 75.9 Å². The van der Waals surface area contributed by atoms with E-state index in [9.17, 15) is 58.2 Å². The first-order valence-electron chi connectivity index (χ1n) is 31.4. The van der Waals surface area contributed by atoms with Gasteiger partial charge in [0.2, 0.25) is 59.1 Å². The number of aromatic hydroxyl groups is 1. The predicted molar refractivity (Wildman–Crippen MR) is 320 cm³/mol. The first kappa shape index (κ1) is 59.6. The van der Waals surface area contributed by atoms with Crippen molar-refractivity contribution in [1.29, 1.82) is 0 Å². The van der Waals surface area contributed by atoms with Crippen LogP contribution in [0.1, 0.15) is 110 Å². The molecule has 6 rings (SSSR count). The number of likely N-dealkylation sites (N-methyl/N-ethyl adjacent to an activating group) is 1. The van der Waals surface area contributed by atoms with E-state index < -0.39 is 127 Å². The van der Waals surface area contributed by atoms with Crippen LogP contribution in [0.4, 0.5) is 0 Å². The van der Waals surface area contributed by atoms with Gasteiger partial charge < -0.3 is 84.4 Å². The SMILES string of the molecule is [2H]C([2H])([2H])C([2H])([2H])NC(=O)[C@@H]1CCCN1C(=O)C(CCCN=C(N)N)NC(=O)[C@H](CC(C)C)NC(=O)[C@@H](CC(C)C)NC(=O)[C@H](Cc1ccc(O)cc1)NC(=O)[C@H](CO)NC(=O)[C@H](Cc1c[nH]c2ccccc12)NC(=O)[C@H](Cc1cnc[nH]1)NC(=O)C1CCC(=O)N1. The number of benzene rings is 2. The van der Waals surface area contributed by atoms with Crippen LogP contribution in [0.3, 0.4) is 0 Å². The summed E-state index contributed by atoms with van der Waals surface area (Å²) in [5.41, 5.74) is 13.2. The largest absolute Gasteiger partial charge is 0.508 e. The molecule has 9 atom stereocenters. The lowest BCUT2D eigenvalue weighted by atomic mass is 9.98.